The molecule has 4 rings (SSSR count). The van der Waals surface area contributed by atoms with E-state index in [1.807, 2.05) is 6.07 Å². The minimum atomic E-state index is -0.166. The Morgan fingerprint density at radius 3 is 2.96 bits per heavy atom. The Kier molecular flexibility index (Phi) is 4.56. The fraction of sp³-hybridized carbons (Fsp3) is 0.579. The lowest BCUT2D eigenvalue weighted by Crippen LogP contribution is -2.35. The normalized spacial score (nSPS) is 22.6. The molecule has 1 aromatic heterocycles. The van der Waals surface area contributed by atoms with Gasteiger partial charge in [0, 0.05) is 31.1 Å². The molecule has 1 aliphatic carbocycles. The average Bonchev–Trinajstić information content (AvgIpc) is 3.15. The number of benzene rings is 1. The van der Waals surface area contributed by atoms with Gasteiger partial charge in [-0.15, -0.1) is 0 Å². The molecule has 0 N–H and O–H groups in total. The summed E-state index contributed by atoms with van der Waals surface area (Å²) >= 11 is 0. The van der Waals surface area contributed by atoms with Crippen molar-refractivity contribution in [3.8, 4) is 0 Å². The number of likely N-dealkylation sites (tertiary alicyclic amines) is 1. The summed E-state index contributed by atoms with van der Waals surface area (Å²) in [6, 6.07) is 7.61. The topological polar surface area (TPSA) is 45.4 Å². The highest BCUT2D eigenvalue weighted by Gasteiger charge is 2.32. The van der Waals surface area contributed by atoms with Crippen molar-refractivity contribution in [1.29, 1.82) is 0 Å². The molecule has 1 saturated carbocycles. The van der Waals surface area contributed by atoms with Gasteiger partial charge in [0.25, 0.3) is 0 Å². The maximum atomic E-state index is 13.5. The Labute approximate surface area is 147 Å². The molecule has 6 heteroatoms. The fourth-order valence-corrected chi connectivity index (χ4v) is 3.64. The van der Waals surface area contributed by atoms with Crippen LogP contribution in [0.5, 0.6) is 0 Å². The third kappa shape index (κ3) is 3.75. The first-order chi connectivity index (χ1) is 12.1. The van der Waals surface area contributed by atoms with Crippen LogP contribution in [0.2, 0.25) is 0 Å². The largest absolute Gasteiger partial charge is 0.339 e. The number of aromatic nitrogens is 2. The third-order valence-corrected chi connectivity index (χ3v) is 5.50. The molecule has 0 radical (unpaired) electrons. The molecule has 2 heterocycles. The van der Waals surface area contributed by atoms with E-state index in [0.29, 0.717) is 18.5 Å². The molecular weight excluding hydrogens is 319 g/mol. The number of halogens is 1. The molecule has 134 valence electrons. The molecule has 2 aromatic rings. The summed E-state index contributed by atoms with van der Waals surface area (Å²) in [5, 5.41) is 4.12. The summed E-state index contributed by atoms with van der Waals surface area (Å²) in [5.74, 6) is 1.92. The fourth-order valence-electron chi connectivity index (χ4n) is 3.64. The zero-order chi connectivity index (χ0) is 17.4. The van der Waals surface area contributed by atoms with Gasteiger partial charge < -0.3 is 4.52 Å². The average molecular weight is 344 g/mol. The van der Waals surface area contributed by atoms with Crippen molar-refractivity contribution in [1.82, 2.24) is 19.9 Å². The second-order valence-electron chi connectivity index (χ2n) is 7.41. The van der Waals surface area contributed by atoms with E-state index in [0.717, 1.165) is 36.8 Å². The van der Waals surface area contributed by atoms with Crippen LogP contribution in [0.1, 0.15) is 55.4 Å². The summed E-state index contributed by atoms with van der Waals surface area (Å²) in [6.07, 6.45) is 3.45. The molecule has 2 fully saturated rings. The highest BCUT2D eigenvalue weighted by atomic mass is 19.1. The van der Waals surface area contributed by atoms with Crippen LogP contribution in [0.15, 0.2) is 28.8 Å². The van der Waals surface area contributed by atoms with E-state index in [-0.39, 0.29) is 11.9 Å². The number of nitrogens with zero attached hydrogens (tertiary/aromatic N) is 4. The van der Waals surface area contributed by atoms with Gasteiger partial charge in [-0.3, -0.25) is 9.80 Å². The Morgan fingerprint density at radius 2 is 2.20 bits per heavy atom. The number of rotatable bonds is 6. The zero-order valence-corrected chi connectivity index (χ0v) is 14.9. The maximum absolute atomic E-state index is 13.5. The van der Waals surface area contributed by atoms with Crippen LogP contribution >= 0.6 is 0 Å². The van der Waals surface area contributed by atoms with Crippen molar-refractivity contribution >= 4 is 0 Å². The van der Waals surface area contributed by atoms with E-state index in [2.05, 4.69) is 33.9 Å². The molecule has 0 bridgehead atoms. The van der Waals surface area contributed by atoms with Gasteiger partial charge in [-0.25, -0.2) is 4.39 Å². The van der Waals surface area contributed by atoms with Gasteiger partial charge in [0.15, 0.2) is 5.82 Å². The molecule has 2 aliphatic rings. The van der Waals surface area contributed by atoms with E-state index in [9.17, 15) is 4.39 Å². The first kappa shape index (κ1) is 16.7. The van der Waals surface area contributed by atoms with Crippen LogP contribution in [0.3, 0.4) is 0 Å². The SMILES string of the molecule is C[C@H](c1cccc(F)c1)N1CC[C@H](N(C)Cc2noc(C3CC3)n2)C1. The lowest BCUT2D eigenvalue weighted by Gasteiger charge is -2.27. The van der Waals surface area contributed by atoms with Crippen molar-refractivity contribution in [3.05, 3.63) is 47.4 Å². The van der Waals surface area contributed by atoms with Crippen LogP contribution in [0, 0.1) is 5.82 Å². The second kappa shape index (κ2) is 6.84. The predicted octanol–water partition coefficient (Wildman–Crippen LogP) is 3.35. The minimum Gasteiger partial charge on any atom is -0.339 e. The summed E-state index contributed by atoms with van der Waals surface area (Å²) in [4.78, 5) is 9.24. The lowest BCUT2D eigenvalue weighted by atomic mass is 10.1. The minimum absolute atomic E-state index is 0.166. The Hall–Kier alpha value is -1.79. The van der Waals surface area contributed by atoms with Crippen molar-refractivity contribution < 1.29 is 8.91 Å². The van der Waals surface area contributed by atoms with Crippen LogP contribution in [-0.4, -0.2) is 46.1 Å². The predicted molar refractivity (Wildman–Crippen MR) is 92.5 cm³/mol. The Balaban J connectivity index is 1.34. The molecule has 1 saturated heterocycles. The van der Waals surface area contributed by atoms with Gasteiger partial charge >= 0.3 is 0 Å². The lowest BCUT2D eigenvalue weighted by molar-refractivity contribution is 0.198. The maximum Gasteiger partial charge on any atom is 0.229 e. The summed E-state index contributed by atoms with van der Waals surface area (Å²) < 4.78 is 18.8. The van der Waals surface area contributed by atoms with E-state index in [1.54, 1.807) is 12.1 Å². The van der Waals surface area contributed by atoms with E-state index >= 15 is 0 Å². The Morgan fingerprint density at radius 1 is 1.36 bits per heavy atom. The van der Waals surface area contributed by atoms with Gasteiger partial charge in [-0.1, -0.05) is 17.3 Å². The van der Waals surface area contributed by atoms with E-state index in [1.165, 1.54) is 18.9 Å². The summed E-state index contributed by atoms with van der Waals surface area (Å²) in [7, 11) is 2.12. The smallest absolute Gasteiger partial charge is 0.229 e. The molecule has 0 unspecified atom stereocenters. The first-order valence-electron chi connectivity index (χ1n) is 9.12. The summed E-state index contributed by atoms with van der Waals surface area (Å²) in [5.41, 5.74) is 1.04. The molecule has 0 spiro atoms. The van der Waals surface area contributed by atoms with Gasteiger partial charge in [-0.2, -0.15) is 4.98 Å². The monoisotopic (exact) mass is 344 g/mol. The second-order valence-corrected chi connectivity index (χ2v) is 7.41. The molecule has 0 amide bonds. The van der Waals surface area contributed by atoms with Crippen molar-refractivity contribution in [2.75, 3.05) is 20.1 Å². The first-order valence-corrected chi connectivity index (χ1v) is 9.12. The standard InChI is InChI=1S/C19H25FN4O/c1-13(15-4-3-5-16(20)10-15)24-9-8-17(11-24)23(2)12-18-21-19(25-22-18)14-6-7-14/h3-5,10,13-14,17H,6-9,11-12H2,1-2H3/t13-,17+/m1/s1. The third-order valence-electron chi connectivity index (χ3n) is 5.50. The van der Waals surface area contributed by atoms with Gasteiger partial charge in [0.1, 0.15) is 5.82 Å². The van der Waals surface area contributed by atoms with E-state index < -0.39 is 0 Å². The number of likely N-dealkylation sites (N-methyl/N-ethyl adjacent to an activating group) is 1. The highest BCUT2D eigenvalue weighted by molar-refractivity contribution is 5.20. The van der Waals surface area contributed by atoms with E-state index in [4.69, 9.17) is 4.52 Å². The van der Waals surface area contributed by atoms with Crippen LogP contribution in [-0.2, 0) is 6.54 Å². The molecule has 1 aliphatic heterocycles. The molecule has 1 aromatic carbocycles. The van der Waals surface area contributed by atoms with Crippen LogP contribution in [0.4, 0.5) is 4.39 Å². The molecular formula is C19H25FN4O. The van der Waals surface area contributed by atoms with Crippen LogP contribution in [0.25, 0.3) is 0 Å². The van der Waals surface area contributed by atoms with Gasteiger partial charge in [0.05, 0.1) is 6.54 Å². The van der Waals surface area contributed by atoms with Crippen LogP contribution < -0.4 is 0 Å². The summed E-state index contributed by atoms with van der Waals surface area (Å²) in [6.45, 7) is 4.86. The van der Waals surface area contributed by atoms with Crippen molar-refractivity contribution in [2.24, 2.45) is 0 Å². The zero-order valence-electron chi connectivity index (χ0n) is 14.9. The molecule has 25 heavy (non-hydrogen) atoms. The quantitative estimate of drug-likeness (QED) is 0.804. The molecule has 5 nitrogen and oxygen atoms in total. The van der Waals surface area contributed by atoms with Gasteiger partial charge in [-0.05, 0) is 50.9 Å². The van der Waals surface area contributed by atoms with Crippen molar-refractivity contribution in [3.63, 3.8) is 0 Å². The number of hydrogen-bond donors (Lipinski definition) is 0. The number of hydrogen-bond acceptors (Lipinski definition) is 5. The highest BCUT2D eigenvalue weighted by Crippen LogP contribution is 2.38. The Bertz CT molecular complexity index is 730. The van der Waals surface area contributed by atoms with Gasteiger partial charge in [0.2, 0.25) is 5.89 Å². The molecule has 2 atom stereocenters. The van der Waals surface area contributed by atoms with Crippen molar-refractivity contribution in [2.45, 2.75) is 50.7 Å².